The van der Waals surface area contributed by atoms with Gasteiger partial charge < -0.3 is 20.1 Å². The molecule has 6 nitrogen and oxygen atoms in total. The second kappa shape index (κ2) is 11.5. The zero-order chi connectivity index (χ0) is 22.1. The van der Waals surface area contributed by atoms with E-state index in [9.17, 15) is 8.78 Å². The molecule has 0 atom stereocenters. The monoisotopic (exact) mass is 432 g/mol. The molecule has 1 heterocycles. The quantitative estimate of drug-likeness (QED) is 0.493. The van der Waals surface area contributed by atoms with Crippen molar-refractivity contribution in [1.82, 2.24) is 15.5 Å². The fraction of sp³-hybridized carbons (Fsp3) is 0.435. The van der Waals surface area contributed by atoms with Crippen LogP contribution in [0.15, 0.2) is 53.5 Å². The van der Waals surface area contributed by atoms with Crippen molar-refractivity contribution in [3.05, 3.63) is 59.7 Å². The molecule has 0 amide bonds. The molecule has 0 spiro atoms. The third-order valence-corrected chi connectivity index (χ3v) is 5.31. The minimum atomic E-state index is -2.90. The van der Waals surface area contributed by atoms with E-state index in [0.717, 1.165) is 38.0 Å². The number of alkyl halides is 2. The highest BCUT2D eigenvalue weighted by Gasteiger charge is 2.20. The fourth-order valence-electron chi connectivity index (χ4n) is 3.67. The lowest BCUT2D eigenvalue weighted by molar-refractivity contribution is -0.0512. The summed E-state index contributed by atoms with van der Waals surface area (Å²) in [7, 11) is 3.14. The Morgan fingerprint density at radius 3 is 2.48 bits per heavy atom. The fourth-order valence-corrected chi connectivity index (χ4v) is 3.67. The molecule has 31 heavy (non-hydrogen) atoms. The van der Waals surface area contributed by atoms with Crippen molar-refractivity contribution in [1.29, 1.82) is 0 Å². The molecule has 2 N–H and O–H groups in total. The first-order valence-electron chi connectivity index (χ1n) is 10.4. The van der Waals surface area contributed by atoms with Crippen molar-refractivity contribution in [3.63, 3.8) is 0 Å². The number of hydrogen-bond acceptors (Lipinski definition) is 4. The molecular weight excluding hydrogens is 402 g/mol. The summed E-state index contributed by atoms with van der Waals surface area (Å²) in [6.07, 6.45) is 2.06. The maximum absolute atomic E-state index is 12.6. The summed E-state index contributed by atoms with van der Waals surface area (Å²) in [4.78, 5) is 6.76. The molecule has 0 radical (unpaired) electrons. The summed E-state index contributed by atoms with van der Waals surface area (Å²) < 4.78 is 34.9. The minimum Gasteiger partial charge on any atom is -0.493 e. The van der Waals surface area contributed by atoms with E-state index in [2.05, 4.69) is 49.5 Å². The third-order valence-electron chi connectivity index (χ3n) is 5.31. The van der Waals surface area contributed by atoms with E-state index in [1.54, 1.807) is 25.2 Å². The van der Waals surface area contributed by atoms with E-state index < -0.39 is 6.61 Å². The van der Waals surface area contributed by atoms with Crippen LogP contribution in [0.4, 0.5) is 8.78 Å². The second-order valence-corrected chi connectivity index (χ2v) is 7.47. The number of nitrogens with zero attached hydrogens (tertiary/aromatic N) is 2. The molecule has 1 aliphatic heterocycles. The Balaban J connectivity index is 1.47. The van der Waals surface area contributed by atoms with Crippen molar-refractivity contribution in [2.75, 3.05) is 27.2 Å². The average molecular weight is 433 g/mol. The van der Waals surface area contributed by atoms with E-state index >= 15 is 0 Å². The normalized spacial score (nSPS) is 15.7. The average Bonchev–Trinajstić information content (AvgIpc) is 2.78. The zero-order valence-corrected chi connectivity index (χ0v) is 18.0. The maximum atomic E-state index is 12.6. The van der Waals surface area contributed by atoms with Gasteiger partial charge in [0.2, 0.25) is 0 Å². The van der Waals surface area contributed by atoms with Crippen LogP contribution in [0.2, 0.25) is 0 Å². The molecule has 8 heteroatoms. The van der Waals surface area contributed by atoms with Gasteiger partial charge in [0.1, 0.15) is 0 Å². The number of nitrogens with one attached hydrogen (secondary N) is 2. The molecule has 0 aliphatic carbocycles. The van der Waals surface area contributed by atoms with Crippen LogP contribution in [0.1, 0.15) is 24.0 Å². The van der Waals surface area contributed by atoms with Gasteiger partial charge in [-0.15, -0.1) is 0 Å². The Kier molecular flexibility index (Phi) is 8.46. The summed E-state index contributed by atoms with van der Waals surface area (Å²) in [5.74, 6) is 0.980. The van der Waals surface area contributed by atoms with E-state index in [1.165, 1.54) is 12.7 Å². The number of guanidine groups is 1. The number of halogens is 2. The first kappa shape index (κ1) is 22.8. The molecular formula is C23H30F2N4O2. The molecule has 0 aromatic heterocycles. The standard InChI is InChI=1S/C23H30F2N4O2/c1-26-23(27-15-18-8-9-20(30-2)21(14-18)31-22(24)25)28-19-10-12-29(13-11-19)16-17-6-4-3-5-7-17/h3-9,14,19,22H,10-13,15-16H2,1-2H3,(H2,26,27,28). The van der Waals surface area contributed by atoms with Gasteiger partial charge >= 0.3 is 6.61 Å². The lowest BCUT2D eigenvalue weighted by Gasteiger charge is -2.33. The van der Waals surface area contributed by atoms with Gasteiger partial charge in [0.25, 0.3) is 0 Å². The molecule has 168 valence electrons. The number of methoxy groups -OCH3 is 1. The molecule has 1 aliphatic rings. The van der Waals surface area contributed by atoms with E-state index in [-0.39, 0.29) is 11.5 Å². The van der Waals surface area contributed by atoms with Crippen LogP contribution in [0.25, 0.3) is 0 Å². The zero-order valence-electron chi connectivity index (χ0n) is 18.0. The first-order chi connectivity index (χ1) is 15.1. The third kappa shape index (κ3) is 7.10. The van der Waals surface area contributed by atoms with Crippen molar-refractivity contribution in [2.45, 2.75) is 38.6 Å². The van der Waals surface area contributed by atoms with Gasteiger partial charge in [-0.05, 0) is 36.1 Å². The van der Waals surface area contributed by atoms with Crippen molar-refractivity contribution < 1.29 is 18.3 Å². The largest absolute Gasteiger partial charge is 0.493 e. The number of ether oxygens (including phenoxy) is 2. The number of aliphatic imine (C=N–C) groups is 1. The topological polar surface area (TPSA) is 58.1 Å². The van der Waals surface area contributed by atoms with Gasteiger partial charge in [-0.3, -0.25) is 9.89 Å². The molecule has 1 saturated heterocycles. The number of piperidine rings is 1. The van der Waals surface area contributed by atoms with Crippen LogP contribution < -0.4 is 20.1 Å². The SMILES string of the molecule is CN=C(NCc1ccc(OC)c(OC(F)F)c1)NC1CCN(Cc2ccccc2)CC1. The number of benzene rings is 2. The maximum Gasteiger partial charge on any atom is 0.387 e. The van der Waals surface area contributed by atoms with Crippen LogP contribution in [-0.2, 0) is 13.1 Å². The van der Waals surface area contributed by atoms with Crippen LogP contribution in [0, 0.1) is 0 Å². The summed E-state index contributed by atoms with van der Waals surface area (Å²) in [6, 6.07) is 15.8. The summed E-state index contributed by atoms with van der Waals surface area (Å²) in [5.41, 5.74) is 2.12. The minimum absolute atomic E-state index is 0.0190. The smallest absolute Gasteiger partial charge is 0.387 e. The highest BCUT2D eigenvalue weighted by molar-refractivity contribution is 5.80. The number of rotatable bonds is 8. The van der Waals surface area contributed by atoms with Gasteiger partial charge in [0, 0.05) is 39.3 Å². The predicted octanol–water partition coefficient (Wildman–Crippen LogP) is 3.63. The number of hydrogen-bond donors (Lipinski definition) is 2. The molecule has 3 rings (SSSR count). The van der Waals surface area contributed by atoms with Crippen LogP contribution >= 0.6 is 0 Å². The summed E-state index contributed by atoms with van der Waals surface area (Å²) in [5, 5.41) is 6.71. The second-order valence-electron chi connectivity index (χ2n) is 7.47. The van der Waals surface area contributed by atoms with Gasteiger partial charge in [-0.25, -0.2) is 0 Å². The molecule has 2 aromatic rings. The molecule has 2 aromatic carbocycles. The highest BCUT2D eigenvalue weighted by atomic mass is 19.3. The lowest BCUT2D eigenvalue weighted by atomic mass is 10.0. The summed E-state index contributed by atoms with van der Waals surface area (Å²) >= 11 is 0. The molecule has 0 saturated carbocycles. The van der Waals surface area contributed by atoms with E-state index in [0.29, 0.717) is 18.5 Å². The Hall–Kier alpha value is -2.87. The first-order valence-corrected chi connectivity index (χ1v) is 10.4. The van der Waals surface area contributed by atoms with Crippen molar-refractivity contribution >= 4 is 5.96 Å². The summed E-state index contributed by atoms with van der Waals surface area (Å²) in [6.45, 7) is 0.545. The van der Waals surface area contributed by atoms with Gasteiger partial charge in [-0.2, -0.15) is 8.78 Å². The predicted molar refractivity (Wildman–Crippen MR) is 118 cm³/mol. The van der Waals surface area contributed by atoms with Gasteiger partial charge in [0.05, 0.1) is 7.11 Å². The Bertz CT molecular complexity index is 841. The van der Waals surface area contributed by atoms with Gasteiger partial charge in [-0.1, -0.05) is 36.4 Å². The Morgan fingerprint density at radius 2 is 1.84 bits per heavy atom. The van der Waals surface area contributed by atoms with Crippen molar-refractivity contribution in [2.24, 2.45) is 4.99 Å². The molecule has 0 bridgehead atoms. The highest BCUT2D eigenvalue weighted by Crippen LogP contribution is 2.29. The van der Waals surface area contributed by atoms with Gasteiger partial charge in [0.15, 0.2) is 17.5 Å². The van der Waals surface area contributed by atoms with Crippen LogP contribution in [0.3, 0.4) is 0 Å². The van der Waals surface area contributed by atoms with E-state index in [1.807, 2.05) is 6.07 Å². The molecule has 1 fully saturated rings. The van der Waals surface area contributed by atoms with Crippen molar-refractivity contribution in [3.8, 4) is 11.5 Å². The lowest BCUT2D eigenvalue weighted by Crippen LogP contribution is -2.48. The Labute approximate surface area is 182 Å². The van der Waals surface area contributed by atoms with Crippen LogP contribution in [0.5, 0.6) is 11.5 Å². The number of likely N-dealkylation sites (tertiary alicyclic amines) is 1. The van der Waals surface area contributed by atoms with E-state index in [4.69, 9.17) is 4.74 Å². The molecule has 0 unspecified atom stereocenters. The Morgan fingerprint density at radius 1 is 1.10 bits per heavy atom. The van der Waals surface area contributed by atoms with Crippen LogP contribution in [-0.4, -0.2) is 50.8 Å².